The van der Waals surface area contributed by atoms with Crippen LogP contribution in [0.15, 0.2) is 29.9 Å². The molecule has 22 heavy (non-hydrogen) atoms. The highest BCUT2D eigenvalue weighted by atomic mass is 16.2. The summed E-state index contributed by atoms with van der Waals surface area (Å²) in [6.45, 7) is 9.89. The Morgan fingerprint density at radius 2 is 1.82 bits per heavy atom. The summed E-state index contributed by atoms with van der Waals surface area (Å²) < 4.78 is 0. The fourth-order valence-corrected chi connectivity index (χ4v) is 3.47. The molecule has 0 aromatic heterocycles. The average molecular weight is 295 g/mol. The van der Waals surface area contributed by atoms with Crippen LogP contribution in [0, 0.1) is 19.8 Å². The Balaban J connectivity index is 2.06. The maximum atomic E-state index is 12.8. The van der Waals surface area contributed by atoms with E-state index in [1.165, 1.54) is 4.90 Å². The van der Waals surface area contributed by atoms with Crippen LogP contribution in [0.3, 0.4) is 0 Å². The fourth-order valence-electron chi connectivity index (χ4n) is 3.47. The van der Waals surface area contributed by atoms with Gasteiger partial charge in [-0.1, -0.05) is 25.6 Å². The van der Waals surface area contributed by atoms with Gasteiger partial charge in [0.15, 0.2) is 0 Å². The molecule has 0 fully saturated rings. The molecular formula is C19H21NO2. The van der Waals surface area contributed by atoms with Crippen molar-refractivity contribution in [2.75, 3.05) is 4.90 Å². The van der Waals surface area contributed by atoms with E-state index in [1.54, 1.807) is 6.08 Å². The van der Waals surface area contributed by atoms with Crippen LogP contribution in [0.25, 0.3) is 6.08 Å². The average Bonchev–Trinajstić information content (AvgIpc) is 2.71. The van der Waals surface area contributed by atoms with Gasteiger partial charge in [0.05, 0.1) is 5.69 Å². The van der Waals surface area contributed by atoms with Gasteiger partial charge in [0.1, 0.15) is 0 Å². The first-order valence-electron chi connectivity index (χ1n) is 7.78. The molecule has 0 saturated heterocycles. The van der Waals surface area contributed by atoms with Gasteiger partial charge in [0, 0.05) is 11.1 Å². The molecule has 0 radical (unpaired) electrons. The second-order valence-electron chi connectivity index (χ2n) is 6.45. The van der Waals surface area contributed by atoms with Crippen molar-refractivity contribution in [3.8, 4) is 0 Å². The Hall–Kier alpha value is -2.16. The highest BCUT2D eigenvalue weighted by Crippen LogP contribution is 2.39. The van der Waals surface area contributed by atoms with Crippen molar-refractivity contribution in [3.05, 3.63) is 46.5 Å². The Morgan fingerprint density at radius 3 is 2.50 bits per heavy atom. The third-order valence-corrected chi connectivity index (χ3v) is 4.77. The quantitative estimate of drug-likeness (QED) is 0.775. The van der Waals surface area contributed by atoms with Gasteiger partial charge >= 0.3 is 0 Å². The summed E-state index contributed by atoms with van der Waals surface area (Å²) in [5.41, 5.74) is 5.14. The number of rotatable bonds is 2. The SMILES string of the molecule is C=Cc1cc(N2C(=O)C3=C(CC(C)CC3)C2=O)c(C)cc1C. The molecule has 3 heteroatoms. The van der Waals surface area contributed by atoms with Crippen LogP contribution in [-0.2, 0) is 9.59 Å². The molecule has 1 aliphatic carbocycles. The molecule has 0 bridgehead atoms. The standard InChI is InChI=1S/C19H21NO2/c1-5-14-10-17(13(4)9-12(14)3)20-18(21)15-7-6-11(2)8-16(15)19(20)22/h5,9-11H,1,6-8H2,2-4H3. The number of carbonyl (C=O) groups is 2. The predicted octanol–water partition coefficient (Wildman–Crippen LogP) is 3.94. The molecule has 1 aromatic rings. The van der Waals surface area contributed by atoms with E-state index in [2.05, 4.69) is 13.5 Å². The number of aryl methyl sites for hydroxylation is 2. The molecule has 3 nitrogen and oxygen atoms in total. The number of hydrogen-bond acceptors (Lipinski definition) is 2. The van der Waals surface area contributed by atoms with Crippen molar-refractivity contribution in [1.82, 2.24) is 0 Å². The largest absolute Gasteiger partial charge is 0.269 e. The molecule has 1 heterocycles. The van der Waals surface area contributed by atoms with Gasteiger partial charge in [-0.2, -0.15) is 0 Å². The zero-order valence-electron chi connectivity index (χ0n) is 13.4. The van der Waals surface area contributed by atoms with E-state index in [9.17, 15) is 9.59 Å². The molecule has 0 spiro atoms. The van der Waals surface area contributed by atoms with E-state index < -0.39 is 0 Å². The molecule has 1 atom stereocenters. The van der Waals surface area contributed by atoms with Gasteiger partial charge in [-0.05, 0) is 61.8 Å². The Bertz CT molecular complexity index is 727. The first kappa shape index (κ1) is 14.8. The van der Waals surface area contributed by atoms with Gasteiger partial charge in [0.2, 0.25) is 0 Å². The van der Waals surface area contributed by atoms with Crippen LogP contribution in [0.5, 0.6) is 0 Å². The topological polar surface area (TPSA) is 37.4 Å². The molecule has 2 amide bonds. The van der Waals surface area contributed by atoms with Crippen molar-refractivity contribution in [3.63, 3.8) is 0 Å². The molecule has 1 aliphatic heterocycles. The van der Waals surface area contributed by atoms with E-state index in [0.29, 0.717) is 11.6 Å². The lowest BCUT2D eigenvalue weighted by atomic mass is 9.86. The van der Waals surface area contributed by atoms with E-state index in [4.69, 9.17) is 0 Å². The zero-order chi connectivity index (χ0) is 16.0. The first-order valence-corrected chi connectivity index (χ1v) is 7.78. The van der Waals surface area contributed by atoms with Gasteiger partial charge in [-0.3, -0.25) is 9.59 Å². The summed E-state index contributed by atoms with van der Waals surface area (Å²) >= 11 is 0. The Kier molecular flexibility index (Phi) is 3.51. The number of amides is 2. The van der Waals surface area contributed by atoms with Gasteiger partial charge in [-0.25, -0.2) is 4.90 Å². The molecule has 1 unspecified atom stereocenters. The van der Waals surface area contributed by atoms with Crippen molar-refractivity contribution in [2.24, 2.45) is 5.92 Å². The van der Waals surface area contributed by atoms with Gasteiger partial charge < -0.3 is 0 Å². The lowest BCUT2D eigenvalue weighted by Gasteiger charge is -2.19. The Labute approximate surface area is 131 Å². The van der Waals surface area contributed by atoms with E-state index in [0.717, 1.165) is 47.1 Å². The molecule has 3 rings (SSSR count). The van der Waals surface area contributed by atoms with E-state index in [1.807, 2.05) is 26.0 Å². The number of anilines is 1. The number of hydrogen-bond donors (Lipinski definition) is 0. The monoisotopic (exact) mass is 295 g/mol. The Morgan fingerprint density at radius 1 is 1.14 bits per heavy atom. The zero-order valence-corrected chi connectivity index (χ0v) is 13.4. The summed E-state index contributed by atoms with van der Waals surface area (Å²) in [5, 5.41) is 0. The minimum atomic E-state index is -0.131. The van der Waals surface area contributed by atoms with Crippen LogP contribution in [-0.4, -0.2) is 11.8 Å². The van der Waals surface area contributed by atoms with Crippen LogP contribution >= 0.6 is 0 Å². The minimum absolute atomic E-state index is 0.131. The third-order valence-electron chi connectivity index (χ3n) is 4.77. The molecule has 114 valence electrons. The second-order valence-corrected chi connectivity index (χ2v) is 6.45. The van der Waals surface area contributed by atoms with Crippen molar-refractivity contribution in [1.29, 1.82) is 0 Å². The molecule has 0 N–H and O–H groups in total. The minimum Gasteiger partial charge on any atom is -0.269 e. The normalized spacial score (nSPS) is 21.4. The molecule has 1 aromatic carbocycles. The summed E-state index contributed by atoms with van der Waals surface area (Å²) in [4.78, 5) is 26.8. The number of imide groups is 1. The summed E-state index contributed by atoms with van der Waals surface area (Å²) in [5.74, 6) is 0.209. The highest BCUT2D eigenvalue weighted by molar-refractivity contribution is 6.33. The van der Waals surface area contributed by atoms with Gasteiger partial charge in [0.25, 0.3) is 11.8 Å². The number of nitrogens with zero attached hydrogens (tertiary/aromatic N) is 1. The summed E-state index contributed by atoms with van der Waals surface area (Å²) in [6.07, 6.45) is 4.18. The summed E-state index contributed by atoms with van der Waals surface area (Å²) in [6, 6.07) is 3.90. The van der Waals surface area contributed by atoms with Crippen LogP contribution in [0.2, 0.25) is 0 Å². The fraction of sp³-hybridized carbons (Fsp3) is 0.368. The van der Waals surface area contributed by atoms with Crippen LogP contribution in [0.4, 0.5) is 5.69 Å². The summed E-state index contributed by atoms with van der Waals surface area (Å²) in [7, 11) is 0. The smallest absolute Gasteiger partial charge is 0.261 e. The highest BCUT2D eigenvalue weighted by Gasteiger charge is 2.41. The van der Waals surface area contributed by atoms with Crippen molar-refractivity contribution < 1.29 is 9.59 Å². The van der Waals surface area contributed by atoms with E-state index >= 15 is 0 Å². The maximum absolute atomic E-state index is 12.8. The molecule has 2 aliphatic rings. The first-order chi connectivity index (χ1) is 10.4. The third kappa shape index (κ3) is 2.12. The maximum Gasteiger partial charge on any atom is 0.261 e. The van der Waals surface area contributed by atoms with Crippen molar-refractivity contribution in [2.45, 2.75) is 40.0 Å². The molecular weight excluding hydrogens is 274 g/mol. The van der Waals surface area contributed by atoms with E-state index in [-0.39, 0.29) is 11.8 Å². The number of benzene rings is 1. The lowest BCUT2D eigenvalue weighted by Crippen LogP contribution is -2.32. The lowest BCUT2D eigenvalue weighted by molar-refractivity contribution is -0.120. The number of carbonyl (C=O) groups excluding carboxylic acids is 2. The van der Waals surface area contributed by atoms with Crippen LogP contribution < -0.4 is 4.90 Å². The van der Waals surface area contributed by atoms with Crippen LogP contribution in [0.1, 0.15) is 42.9 Å². The molecule has 0 saturated carbocycles. The van der Waals surface area contributed by atoms with Gasteiger partial charge in [-0.15, -0.1) is 0 Å². The second kappa shape index (κ2) is 5.24. The van der Waals surface area contributed by atoms with Crippen molar-refractivity contribution >= 4 is 23.6 Å². The predicted molar refractivity (Wildman–Crippen MR) is 88.5 cm³/mol.